The summed E-state index contributed by atoms with van der Waals surface area (Å²) in [4.78, 5) is 17.5. The van der Waals surface area contributed by atoms with Crippen LogP contribution in [0.25, 0.3) is 0 Å². The van der Waals surface area contributed by atoms with Gasteiger partial charge in [-0.3, -0.25) is 10.1 Å². The lowest BCUT2D eigenvalue weighted by Gasteiger charge is -2.16. The fraction of sp³-hybridized carbons (Fsp3) is 0.364. The van der Waals surface area contributed by atoms with Gasteiger partial charge in [0.15, 0.2) is 0 Å². The number of nitrogens with zero attached hydrogens (tertiary/aromatic N) is 1. The maximum atomic E-state index is 13.0. The van der Waals surface area contributed by atoms with Gasteiger partial charge >= 0.3 is 0 Å². The Balaban J connectivity index is 1.85. The standard InChI is InChI=1S/C22H26ClN3O5/c1-28-17-9-14(10-18(12-17)29-2)21(27)26-22(24-13-16-5-4-8-31-16)25-19-11-15(23)6-7-20(19)30-3/h6-7,9-12,16H,4-5,8,13H2,1-3H3,(H2,24,25,26,27)/t16-/m0/s1. The highest BCUT2D eigenvalue weighted by molar-refractivity contribution is 6.31. The lowest BCUT2D eigenvalue weighted by atomic mass is 10.2. The number of methoxy groups -OCH3 is 3. The number of hydrogen-bond donors (Lipinski definition) is 2. The van der Waals surface area contributed by atoms with Gasteiger partial charge in [-0.25, -0.2) is 4.99 Å². The van der Waals surface area contributed by atoms with Crippen LogP contribution in [0.2, 0.25) is 5.02 Å². The van der Waals surface area contributed by atoms with Crippen LogP contribution >= 0.6 is 11.6 Å². The Hall–Kier alpha value is -2.97. The van der Waals surface area contributed by atoms with Crippen molar-refractivity contribution >= 4 is 29.2 Å². The van der Waals surface area contributed by atoms with Gasteiger partial charge in [0.05, 0.1) is 39.7 Å². The molecule has 1 aliphatic heterocycles. The van der Waals surface area contributed by atoms with Gasteiger partial charge in [-0.1, -0.05) is 11.6 Å². The number of benzene rings is 2. The van der Waals surface area contributed by atoms with Crippen LogP contribution in [0.3, 0.4) is 0 Å². The highest BCUT2D eigenvalue weighted by atomic mass is 35.5. The number of amides is 1. The van der Waals surface area contributed by atoms with Gasteiger partial charge in [-0.2, -0.15) is 0 Å². The average molecular weight is 448 g/mol. The van der Waals surface area contributed by atoms with E-state index < -0.39 is 0 Å². The van der Waals surface area contributed by atoms with E-state index in [0.717, 1.165) is 19.4 Å². The van der Waals surface area contributed by atoms with Gasteiger partial charge in [-0.05, 0) is 43.2 Å². The molecule has 1 amide bonds. The molecule has 0 bridgehead atoms. The highest BCUT2D eigenvalue weighted by Crippen LogP contribution is 2.28. The first kappa shape index (κ1) is 22.7. The number of hydrogen-bond acceptors (Lipinski definition) is 6. The quantitative estimate of drug-likeness (QED) is 0.496. The number of aliphatic imine (C=N–C) groups is 1. The summed E-state index contributed by atoms with van der Waals surface area (Å²) in [6.07, 6.45) is 1.95. The van der Waals surface area contributed by atoms with Gasteiger partial charge in [0.2, 0.25) is 5.96 Å². The second-order valence-corrected chi connectivity index (χ2v) is 7.29. The number of anilines is 1. The first-order valence-electron chi connectivity index (χ1n) is 9.83. The van der Waals surface area contributed by atoms with E-state index in [1.807, 2.05) is 0 Å². The minimum absolute atomic E-state index is 0.0203. The van der Waals surface area contributed by atoms with Crippen LogP contribution in [0, 0.1) is 0 Å². The fourth-order valence-corrected chi connectivity index (χ4v) is 3.29. The third kappa shape index (κ3) is 6.26. The van der Waals surface area contributed by atoms with Crippen LogP contribution in [0.15, 0.2) is 41.4 Å². The highest BCUT2D eigenvalue weighted by Gasteiger charge is 2.17. The van der Waals surface area contributed by atoms with Gasteiger partial charge in [-0.15, -0.1) is 0 Å². The smallest absolute Gasteiger partial charge is 0.258 e. The maximum absolute atomic E-state index is 13.0. The monoisotopic (exact) mass is 447 g/mol. The van der Waals surface area contributed by atoms with Gasteiger partial charge in [0.25, 0.3) is 5.91 Å². The van der Waals surface area contributed by atoms with Crippen molar-refractivity contribution in [2.45, 2.75) is 18.9 Å². The normalized spacial score (nSPS) is 16.0. The maximum Gasteiger partial charge on any atom is 0.258 e. The number of nitrogens with one attached hydrogen (secondary N) is 2. The van der Waals surface area contributed by atoms with Crippen molar-refractivity contribution in [2.24, 2.45) is 4.99 Å². The molecule has 0 spiro atoms. The van der Waals surface area contributed by atoms with Crippen molar-refractivity contribution in [1.82, 2.24) is 5.32 Å². The predicted molar refractivity (Wildman–Crippen MR) is 120 cm³/mol. The summed E-state index contributed by atoms with van der Waals surface area (Å²) in [6.45, 7) is 1.13. The Morgan fingerprint density at radius 3 is 2.48 bits per heavy atom. The van der Waals surface area contributed by atoms with Crippen molar-refractivity contribution in [1.29, 1.82) is 0 Å². The largest absolute Gasteiger partial charge is 0.497 e. The second-order valence-electron chi connectivity index (χ2n) is 6.85. The molecule has 2 N–H and O–H groups in total. The Morgan fingerprint density at radius 1 is 1.13 bits per heavy atom. The number of rotatable bonds is 7. The molecule has 2 aromatic rings. The molecule has 1 heterocycles. The van der Waals surface area contributed by atoms with Crippen molar-refractivity contribution in [3.05, 3.63) is 47.0 Å². The molecule has 166 valence electrons. The molecule has 3 rings (SSSR count). The number of carbonyl (C=O) groups excluding carboxylic acids is 1. The zero-order chi connectivity index (χ0) is 22.2. The van der Waals surface area contributed by atoms with E-state index in [0.29, 0.717) is 40.1 Å². The Kier molecular flexibility index (Phi) is 7.97. The Labute approximate surface area is 186 Å². The first-order valence-corrected chi connectivity index (χ1v) is 10.2. The molecule has 1 fully saturated rings. The number of ether oxygens (including phenoxy) is 4. The third-order valence-electron chi connectivity index (χ3n) is 4.74. The first-order chi connectivity index (χ1) is 15.0. The second kappa shape index (κ2) is 10.9. The molecule has 0 saturated carbocycles. The summed E-state index contributed by atoms with van der Waals surface area (Å²) in [5.41, 5.74) is 0.936. The zero-order valence-corrected chi connectivity index (χ0v) is 18.5. The summed E-state index contributed by atoms with van der Waals surface area (Å²) >= 11 is 6.14. The summed E-state index contributed by atoms with van der Waals surface area (Å²) < 4.78 is 21.5. The Morgan fingerprint density at radius 2 is 1.87 bits per heavy atom. The minimum Gasteiger partial charge on any atom is -0.497 e. The summed E-state index contributed by atoms with van der Waals surface area (Å²) in [5, 5.41) is 6.44. The van der Waals surface area contributed by atoms with E-state index in [2.05, 4.69) is 15.6 Å². The fourth-order valence-electron chi connectivity index (χ4n) is 3.12. The molecule has 2 aromatic carbocycles. The van der Waals surface area contributed by atoms with Crippen LogP contribution < -0.4 is 24.8 Å². The van der Waals surface area contributed by atoms with E-state index in [4.69, 9.17) is 30.5 Å². The number of carbonyl (C=O) groups is 1. The number of guanidine groups is 1. The van der Waals surface area contributed by atoms with E-state index in [-0.39, 0.29) is 18.0 Å². The SMILES string of the molecule is COc1cc(OC)cc(C(=O)NC(=NC[C@@H]2CCCO2)Nc2cc(Cl)ccc2OC)c1. The molecule has 1 saturated heterocycles. The van der Waals surface area contributed by atoms with Crippen LogP contribution in [0.4, 0.5) is 5.69 Å². The van der Waals surface area contributed by atoms with Gasteiger partial charge in [0.1, 0.15) is 17.2 Å². The van der Waals surface area contributed by atoms with Crippen LogP contribution in [-0.2, 0) is 4.74 Å². The Bertz CT molecular complexity index is 922. The molecular formula is C22H26ClN3O5. The lowest BCUT2D eigenvalue weighted by molar-refractivity contribution is 0.0975. The molecule has 8 nitrogen and oxygen atoms in total. The molecule has 9 heteroatoms. The third-order valence-corrected chi connectivity index (χ3v) is 4.97. The zero-order valence-electron chi connectivity index (χ0n) is 17.7. The van der Waals surface area contributed by atoms with Gasteiger partial charge < -0.3 is 24.3 Å². The van der Waals surface area contributed by atoms with Crippen molar-refractivity contribution in [3.8, 4) is 17.2 Å². The van der Waals surface area contributed by atoms with Crippen molar-refractivity contribution in [3.63, 3.8) is 0 Å². The summed E-state index contributed by atoms with van der Waals surface area (Å²) in [7, 11) is 4.61. The molecular weight excluding hydrogens is 422 g/mol. The molecule has 1 aliphatic rings. The molecule has 0 unspecified atom stereocenters. The topological polar surface area (TPSA) is 90.4 Å². The molecule has 31 heavy (non-hydrogen) atoms. The van der Waals surface area contributed by atoms with Gasteiger partial charge in [0, 0.05) is 23.3 Å². The van der Waals surface area contributed by atoms with Crippen LogP contribution in [0.5, 0.6) is 17.2 Å². The number of halogens is 1. The van der Waals surface area contributed by atoms with Crippen LogP contribution in [-0.4, -0.2) is 52.5 Å². The molecule has 1 atom stereocenters. The average Bonchev–Trinajstić information content (AvgIpc) is 3.31. The summed E-state index contributed by atoms with van der Waals surface area (Å²) in [5.74, 6) is 1.45. The molecule has 0 radical (unpaired) electrons. The van der Waals surface area contributed by atoms with E-state index in [9.17, 15) is 4.79 Å². The minimum atomic E-state index is -0.378. The van der Waals surface area contributed by atoms with Crippen molar-refractivity contribution in [2.75, 3.05) is 39.8 Å². The molecule has 0 aliphatic carbocycles. The van der Waals surface area contributed by atoms with Crippen molar-refractivity contribution < 1.29 is 23.7 Å². The van der Waals surface area contributed by atoms with Crippen LogP contribution in [0.1, 0.15) is 23.2 Å². The lowest BCUT2D eigenvalue weighted by Crippen LogP contribution is -2.37. The van der Waals surface area contributed by atoms with E-state index >= 15 is 0 Å². The summed E-state index contributed by atoms with van der Waals surface area (Å²) in [6, 6.07) is 10.1. The van der Waals surface area contributed by atoms with E-state index in [1.54, 1.807) is 43.5 Å². The predicted octanol–water partition coefficient (Wildman–Crippen LogP) is 3.74. The molecule has 0 aromatic heterocycles. The van der Waals surface area contributed by atoms with E-state index in [1.165, 1.54) is 14.2 Å².